The SMILES string of the molecule is O=C1CC[C@H](N2C(=O)c3cccc(OCC(=O)N4CCC5(CC4)CC(N4CCN(c6ccc(Nc7ncnc8c7ncn8C7CC(NC(=O)Cc8ccccc8)C7)cc6)CC4)C5)c3C2=O)C(=O)N1. The molecule has 2 aliphatic carbocycles. The lowest BCUT2D eigenvalue weighted by Gasteiger charge is -2.56. The number of piperazine rings is 1. The Bertz CT molecular complexity index is 2790. The fourth-order valence-electron chi connectivity index (χ4n) is 11.1. The highest BCUT2D eigenvalue weighted by atomic mass is 16.5. The summed E-state index contributed by atoms with van der Waals surface area (Å²) >= 11 is 0. The molecule has 3 aromatic carbocycles. The van der Waals surface area contributed by atoms with E-state index in [0.717, 1.165) is 86.5 Å². The molecule has 1 atom stereocenters. The van der Waals surface area contributed by atoms with E-state index < -0.39 is 29.7 Å². The minimum absolute atomic E-state index is 0.0304. The molecule has 2 saturated carbocycles. The molecule has 68 heavy (non-hydrogen) atoms. The molecule has 2 aromatic heterocycles. The van der Waals surface area contributed by atoms with Crippen LogP contribution in [-0.2, 0) is 25.6 Å². The highest BCUT2D eigenvalue weighted by Crippen LogP contribution is 2.51. The smallest absolute Gasteiger partial charge is 0.266 e. The number of piperidine rings is 2. The van der Waals surface area contributed by atoms with Crippen LogP contribution in [0.15, 0.2) is 85.5 Å². The normalized spacial score (nSPS) is 22.7. The van der Waals surface area contributed by atoms with Gasteiger partial charge in [-0.05, 0) is 92.3 Å². The third-order valence-corrected chi connectivity index (χ3v) is 15.1. The fourth-order valence-corrected chi connectivity index (χ4v) is 11.1. The second-order valence-corrected chi connectivity index (χ2v) is 19.2. The molecular weight excluding hydrogens is 867 g/mol. The van der Waals surface area contributed by atoms with E-state index in [1.54, 1.807) is 18.5 Å². The maximum absolute atomic E-state index is 13.4. The number of imidazole rings is 1. The number of ether oxygens (including phenoxy) is 1. The molecule has 11 rings (SSSR count). The van der Waals surface area contributed by atoms with E-state index in [2.05, 4.69) is 69.5 Å². The number of nitrogens with one attached hydrogen (secondary N) is 3. The second-order valence-electron chi connectivity index (χ2n) is 19.2. The molecule has 6 amide bonds. The van der Waals surface area contributed by atoms with Crippen molar-refractivity contribution in [3.8, 4) is 5.75 Å². The van der Waals surface area contributed by atoms with Crippen LogP contribution in [-0.4, -0.2) is 134 Å². The lowest BCUT2D eigenvalue weighted by Crippen LogP contribution is -2.59. The Balaban J connectivity index is 0.613. The summed E-state index contributed by atoms with van der Waals surface area (Å²) in [6, 6.07) is 22.7. The Morgan fingerprint density at radius 3 is 2.32 bits per heavy atom. The summed E-state index contributed by atoms with van der Waals surface area (Å²) in [7, 11) is 0. The van der Waals surface area contributed by atoms with Crippen molar-refractivity contribution in [3.63, 3.8) is 0 Å². The first-order valence-electron chi connectivity index (χ1n) is 23.7. The first kappa shape index (κ1) is 43.4. The molecule has 4 aliphatic heterocycles. The first-order chi connectivity index (χ1) is 33.1. The summed E-state index contributed by atoms with van der Waals surface area (Å²) in [6.07, 6.45) is 9.64. The van der Waals surface area contributed by atoms with Crippen LogP contribution in [0.3, 0.4) is 0 Å². The predicted octanol–water partition coefficient (Wildman–Crippen LogP) is 4.01. The third kappa shape index (κ3) is 8.30. The van der Waals surface area contributed by atoms with Gasteiger partial charge < -0.3 is 29.7 Å². The molecule has 1 spiro atoms. The molecule has 350 valence electrons. The highest BCUT2D eigenvalue weighted by molar-refractivity contribution is 6.24. The molecule has 0 bridgehead atoms. The van der Waals surface area contributed by atoms with Gasteiger partial charge in [0.25, 0.3) is 17.7 Å². The van der Waals surface area contributed by atoms with Gasteiger partial charge in [-0.15, -0.1) is 0 Å². The summed E-state index contributed by atoms with van der Waals surface area (Å²) < 4.78 is 7.99. The zero-order chi connectivity index (χ0) is 46.5. The average molecular weight is 920 g/mol. The van der Waals surface area contributed by atoms with Crippen molar-refractivity contribution in [1.82, 2.24) is 44.9 Å². The Morgan fingerprint density at radius 1 is 0.809 bits per heavy atom. The number of hydrogen-bond acceptors (Lipinski definition) is 13. The Labute approximate surface area is 392 Å². The number of fused-ring (bicyclic) bond motifs is 2. The van der Waals surface area contributed by atoms with Crippen molar-refractivity contribution >= 4 is 63.8 Å². The topological polar surface area (TPSA) is 204 Å². The van der Waals surface area contributed by atoms with Crippen LogP contribution in [0, 0.1) is 5.41 Å². The summed E-state index contributed by atoms with van der Waals surface area (Å²) in [5.41, 5.74) is 4.97. The summed E-state index contributed by atoms with van der Waals surface area (Å²) in [4.78, 5) is 98.3. The second kappa shape index (κ2) is 17.8. The van der Waals surface area contributed by atoms with Gasteiger partial charge in [0.1, 0.15) is 18.1 Å². The standard InChI is InChI=1S/C50H53N11O7/c62-40-14-13-38(47(65)56-40)61-48(66)37-7-4-8-39(43(37)49(61)67)68-28-42(64)59-17-15-50(16-18-59)26-36(27-50)58-21-19-57(20-22-58)34-11-9-32(10-12-34)55-45-44-46(52-29-51-45)60(30-53-44)35-24-33(25-35)54-41(63)23-31-5-2-1-3-6-31/h1-12,29-30,33,35-36,38H,13-28H2,(H,54,63)(H,51,52,55)(H,56,62,65)/t33?,35?,38-/m0/s1. The Hall–Kier alpha value is -7.21. The lowest BCUT2D eigenvalue weighted by atomic mass is 9.60. The van der Waals surface area contributed by atoms with Gasteiger partial charge in [-0.3, -0.25) is 43.9 Å². The minimum Gasteiger partial charge on any atom is -0.483 e. The van der Waals surface area contributed by atoms with Crippen molar-refractivity contribution < 1.29 is 33.5 Å². The minimum atomic E-state index is -1.08. The van der Waals surface area contributed by atoms with Crippen LogP contribution in [0.25, 0.3) is 11.2 Å². The molecule has 18 nitrogen and oxygen atoms in total. The van der Waals surface area contributed by atoms with Gasteiger partial charge in [0.15, 0.2) is 23.6 Å². The molecule has 6 aliphatic rings. The van der Waals surface area contributed by atoms with Crippen LogP contribution in [0.2, 0.25) is 0 Å². The largest absolute Gasteiger partial charge is 0.483 e. The van der Waals surface area contributed by atoms with Crippen molar-refractivity contribution in [2.24, 2.45) is 5.41 Å². The number of anilines is 3. The van der Waals surface area contributed by atoms with Gasteiger partial charge >= 0.3 is 0 Å². The maximum Gasteiger partial charge on any atom is 0.266 e. The van der Waals surface area contributed by atoms with Crippen LogP contribution in [0.4, 0.5) is 17.2 Å². The number of nitrogens with zero attached hydrogens (tertiary/aromatic N) is 8. The van der Waals surface area contributed by atoms with E-state index in [-0.39, 0.29) is 65.6 Å². The number of aromatic nitrogens is 4. The van der Waals surface area contributed by atoms with Gasteiger partial charge in [0, 0.05) is 75.2 Å². The van der Waals surface area contributed by atoms with Crippen LogP contribution in [0.5, 0.6) is 5.75 Å². The summed E-state index contributed by atoms with van der Waals surface area (Å²) in [5.74, 6) is -1.76. The molecular formula is C50H53N11O7. The zero-order valence-electron chi connectivity index (χ0n) is 37.6. The van der Waals surface area contributed by atoms with Crippen LogP contribution >= 0.6 is 0 Å². The average Bonchev–Trinajstić information content (AvgIpc) is 3.87. The molecule has 3 saturated heterocycles. The van der Waals surface area contributed by atoms with E-state index in [0.29, 0.717) is 36.9 Å². The first-order valence-corrected chi connectivity index (χ1v) is 23.7. The van der Waals surface area contributed by atoms with Gasteiger partial charge in [-0.1, -0.05) is 36.4 Å². The molecule has 0 radical (unpaired) electrons. The number of hydrogen-bond donors (Lipinski definition) is 3. The maximum atomic E-state index is 13.4. The van der Waals surface area contributed by atoms with Crippen LogP contribution < -0.4 is 25.6 Å². The van der Waals surface area contributed by atoms with E-state index in [9.17, 15) is 28.8 Å². The molecule has 0 unspecified atom stereocenters. The van der Waals surface area contributed by atoms with E-state index in [1.165, 1.54) is 11.8 Å². The number of amides is 6. The van der Waals surface area contributed by atoms with E-state index in [1.807, 2.05) is 41.6 Å². The number of rotatable bonds is 12. The van der Waals surface area contributed by atoms with Gasteiger partial charge in [0.2, 0.25) is 17.7 Å². The van der Waals surface area contributed by atoms with Crippen molar-refractivity contribution in [3.05, 3.63) is 102 Å². The fraction of sp³-hybridized carbons (Fsp3) is 0.420. The summed E-state index contributed by atoms with van der Waals surface area (Å²) in [6.45, 7) is 4.90. The Morgan fingerprint density at radius 2 is 1.57 bits per heavy atom. The highest BCUT2D eigenvalue weighted by Gasteiger charge is 2.49. The molecule has 18 heteroatoms. The van der Waals surface area contributed by atoms with Crippen LogP contribution in [0.1, 0.15) is 83.7 Å². The molecule has 5 fully saturated rings. The quantitative estimate of drug-likeness (QED) is 0.152. The molecule has 3 N–H and O–H groups in total. The predicted molar refractivity (Wildman–Crippen MR) is 249 cm³/mol. The molecule has 6 heterocycles. The third-order valence-electron chi connectivity index (χ3n) is 15.1. The summed E-state index contributed by atoms with van der Waals surface area (Å²) in [5, 5.41) is 8.82. The van der Waals surface area contributed by atoms with Crippen molar-refractivity contribution in [2.45, 2.75) is 82.0 Å². The monoisotopic (exact) mass is 919 g/mol. The van der Waals surface area contributed by atoms with Crippen molar-refractivity contribution in [1.29, 1.82) is 0 Å². The lowest BCUT2D eigenvalue weighted by molar-refractivity contribution is -0.138. The van der Waals surface area contributed by atoms with E-state index in [4.69, 9.17) is 4.74 Å². The molecule has 5 aromatic rings. The number of imide groups is 2. The number of benzene rings is 3. The van der Waals surface area contributed by atoms with Gasteiger partial charge in [-0.25, -0.2) is 15.0 Å². The number of likely N-dealkylation sites (tertiary alicyclic amines) is 1. The van der Waals surface area contributed by atoms with Crippen molar-refractivity contribution in [2.75, 3.05) is 56.1 Å². The zero-order valence-corrected chi connectivity index (χ0v) is 37.6. The Kier molecular flexibility index (Phi) is 11.3. The van der Waals surface area contributed by atoms with E-state index >= 15 is 0 Å². The number of carbonyl (C=O) groups excluding carboxylic acids is 6. The number of carbonyl (C=O) groups is 6. The van der Waals surface area contributed by atoms with Gasteiger partial charge in [-0.2, -0.15) is 0 Å². The van der Waals surface area contributed by atoms with Gasteiger partial charge in [0.05, 0.1) is 23.9 Å².